The minimum atomic E-state index is -0.565. The quantitative estimate of drug-likeness (QED) is 0.185. The van der Waals surface area contributed by atoms with Crippen molar-refractivity contribution in [3.05, 3.63) is 181 Å². The minimum Gasteiger partial charge on any atom is -0.455 e. The van der Waals surface area contributed by atoms with Crippen LogP contribution in [0.3, 0.4) is 0 Å². The third kappa shape index (κ3) is 3.35. The SMILES string of the molecule is C=C/C=C\C=C(/C)n1c(-c2cccc3c2C2(c4ccccc4-c4ccccc42)c2ccc4c(oc5ccccc54)c2-3)nc2ccccc21. The smallest absolute Gasteiger partial charge is 0.145 e. The minimum absolute atomic E-state index is 0.565. The average Bonchev–Trinajstić information content (AvgIpc) is 3.86. The van der Waals surface area contributed by atoms with Gasteiger partial charge in [-0.25, -0.2) is 4.98 Å². The first-order valence-corrected chi connectivity index (χ1v) is 16.4. The Morgan fingerprint density at radius 1 is 0.667 bits per heavy atom. The lowest BCUT2D eigenvalue weighted by molar-refractivity contribution is 0.669. The highest BCUT2D eigenvalue weighted by atomic mass is 16.3. The fourth-order valence-electron chi connectivity index (χ4n) is 8.56. The van der Waals surface area contributed by atoms with Gasteiger partial charge in [-0.1, -0.05) is 134 Å². The van der Waals surface area contributed by atoms with E-state index in [4.69, 9.17) is 9.40 Å². The number of allylic oxidation sites excluding steroid dienone is 5. The fourth-order valence-corrected chi connectivity index (χ4v) is 8.56. The zero-order valence-corrected chi connectivity index (χ0v) is 26.4. The van der Waals surface area contributed by atoms with Crippen LogP contribution >= 0.6 is 0 Å². The van der Waals surface area contributed by atoms with Crippen LogP contribution in [0.15, 0.2) is 163 Å². The van der Waals surface area contributed by atoms with E-state index in [0.29, 0.717) is 0 Å². The van der Waals surface area contributed by atoms with Gasteiger partial charge in [0.2, 0.25) is 0 Å². The van der Waals surface area contributed by atoms with E-state index < -0.39 is 5.41 Å². The number of furan rings is 1. The Balaban J connectivity index is 1.40. The normalized spacial score (nSPS) is 14.2. The summed E-state index contributed by atoms with van der Waals surface area (Å²) in [6.45, 7) is 6.01. The van der Waals surface area contributed by atoms with Gasteiger partial charge in [-0.05, 0) is 70.1 Å². The van der Waals surface area contributed by atoms with E-state index in [-0.39, 0.29) is 0 Å². The molecule has 1 spiro atoms. The lowest BCUT2D eigenvalue weighted by Crippen LogP contribution is -2.27. The fraction of sp³-hybridized carbons (Fsp3) is 0.0444. The molecule has 6 aromatic carbocycles. The van der Waals surface area contributed by atoms with Crippen LogP contribution in [0, 0.1) is 0 Å². The van der Waals surface area contributed by atoms with E-state index in [9.17, 15) is 0 Å². The van der Waals surface area contributed by atoms with Crippen molar-refractivity contribution in [3.8, 4) is 33.6 Å². The van der Waals surface area contributed by atoms with Gasteiger partial charge < -0.3 is 4.42 Å². The van der Waals surface area contributed by atoms with Gasteiger partial charge in [0.05, 0.1) is 16.4 Å². The largest absolute Gasteiger partial charge is 0.455 e. The lowest BCUT2D eigenvalue weighted by Gasteiger charge is -2.32. The van der Waals surface area contributed by atoms with Gasteiger partial charge in [-0.15, -0.1) is 0 Å². The molecule has 2 heterocycles. The highest BCUT2D eigenvalue weighted by molar-refractivity contribution is 6.14. The van der Waals surface area contributed by atoms with Crippen LogP contribution < -0.4 is 0 Å². The van der Waals surface area contributed by atoms with Crippen molar-refractivity contribution in [2.75, 3.05) is 0 Å². The summed E-state index contributed by atoms with van der Waals surface area (Å²) in [5.74, 6) is 0.920. The Morgan fingerprint density at radius 3 is 2.17 bits per heavy atom. The molecule has 0 bridgehead atoms. The van der Waals surface area contributed by atoms with Crippen molar-refractivity contribution in [2.45, 2.75) is 12.3 Å². The molecule has 2 aliphatic carbocycles. The lowest BCUT2D eigenvalue weighted by atomic mass is 9.69. The third-order valence-electron chi connectivity index (χ3n) is 10.4. The summed E-state index contributed by atoms with van der Waals surface area (Å²) in [7, 11) is 0. The molecule has 2 aromatic heterocycles. The Morgan fingerprint density at radius 2 is 1.35 bits per heavy atom. The van der Waals surface area contributed by atoms with Crippen LogP contribution in [-0.4, -0.2) is 9.55 Å². The molecule has 0 fully saturated rings. The molecule has 10 rings (SSSR count). The number of hydrogen-bond acceptors (Lipinski definition) is 2. The van der Waals surface area contributed by atoms with Crippen molar-refractivity contribution in [1.29, 1.82) is 0 Å². The summed E-state index contributed by atoms with van der Waals surface area (Å²) < 4.78 is 9.10. The monoisotopic (exact) mass is 614 g/mol. The van der Waals surface area contributed by atoms with E-state index in [1.165, 1.54) is 38.9 Å². The maximum Gasteiger partial charge on any atom is 0.145 e. The molecular weight excluding hydrogens is 585 g/mol. The van der Waals surface area contributed by atoms with Gasteiger partial charge in [0, 0.05) is 27.6 Å². The topological polar surface area (TPSA) is 31.0 Å². The van der Waals surface area contributed by atoms with Crippen molar-refractivity contribution < 1.29 is 4.42 Å². The number of para-hydroxylation sites is 3. The first-order valence-electron chi connectivity index (χ1n) is 16.4. The molecule has 3 nitrogen and oxygen atoms in total. The number of fused-ring (bicyclic) bond motifs is 15. The second-order valence-corrected chi connectivity index (χ2v) is 12.7. The zero-order valence-electron chi connectivity index (χ0n) is 26.4. The Labute approximate surface area is 278 Å². The predicted octanol–water partition coefficient (Wildman–Crippen LogP) is 11.5. The molecule has 0 radical (unpaired) electrons. The maximum absolute atomic E-state index is 6.80. The van der Waals surface area contributed by atoms with Crippen molar-refractivity contribution in [3.63, 3.8) is 0 Å². The number of nitrogens with zero attached hydrogens (tertiary/aromatic N) is 2. The summed E-state index contributed by atoms with van der Waals surface area (Å²) in [5.41, 5.74) is 15.4. The molecule has 0 aliphatic heterocycles. The highest BCUT2D eigenvalue weighted by Gasteiger charge is 2.54. The van der Waals surface area contributed by atoms with Crippen molar-refractivity contribution >= 4 is 38.7 Å². The summed E-state index contributed by atoms with van der Waals surface area (Å²) in [5, 5.41) is 2.27. The van der Waals surface area contributed by atoms with E-state index in [1.54, 1.807) is 6.08 Å². The Kier molecular flexibility index (Phi) is 5.57. The molecule has 3 heteroatoms. The molecule has 8 aromatic rings. The average molecular weight is 615 g/mol. The number of imidazole rings is 1. The number of benzene rings is 6. The van der Waals surface area contributed by atoms with Crippen LogP contribution in [-0.2, 0) is 5.41 Å². The van der Waals surface area contributed by atoms with E-state index in [2.05, 4.69) is 145 Å². The van der Waals surface area contributed by atoms with Gasteiger partial charge in [-0.2, -0.15) is 0 Å². The van der Waals surface area contributed by atoms with Crippen molar-refractivity contribution in [2.24, 2.45) is 0 Å². The predicted molar refractivity (Wildman–Crippen MR) is 198 cm³/mol. The van der Waals surface area contributed by atoms with Crippen LogP contribution in [0.4, 0.5) is 0 Å². The van der Waals surface area contributed by atoms with Gasteiger partial charge in [0.1, 0.15) is 17.0 Å². The number of hydrogen-bond donors (Lipinski definition) is 0. The summed E-state index contributed by atoms with van der Waals surface area (Å²) in [6, 6.07) is 46.0. The van der Waals surface area contributed by atoms with E-state index in [1.807, 2.05) is 18.2 Å². The van der Waals surface area contributed by atoms with E-state index >= 15 is 0 Å². The molecule has 2 aliphatic rings. The molecule has 0 N–H and O–H groups in total. The Hall–Kier alpha value is -6.19. The number of rotatable bonds is 4. The molecule has 0 atom stereocenters. The van der Waals surface area contributed by atoms with Crippen LogP contribution in [0.25, 0.3) is 72.3 Å². The summed E-state index contributed by atoms with van der Waals surface area (Å²) in [6.07, 6.45) is 7.93. The molecule has 48 heavy (non-hydrogen) atoms. The van der Waals surface area contributed by atoms with Gasteiger partial charge >= 0.3 is 0 Å². The molecule has 0 amide bonds. The Bertz CT molecular complexity index is 2670. The highest BCUT2D eigenvalue weighted by Crippen LogP contribution is 2.65. The first kappa shape index (κ1) is 27.0. The molecule has 0 saturated carbocycles. The standard InChI is InChI=1S/C45H30N2O/c1-3-4-5-15-28(2)47-39-24-12-11-23-38(39)46-44(47)34-20-14-19-33-41-37(27-26-32-31-18-8-13-25-40(31)48-43(32)41)45(42(33)34)35-21-9-6-16-29(35)30-17-7-10-22-36(30)45/h3-27H,1H2,2H3/b5-4-,28-15+. The molecular formula is C45H30N2O. The third-order valence-corrected chi connectivity index (χ3v) is 10.4. The summed E-state index contributed by atoms with van der Waals surface area (Å²) >= 11 is 0. The van der Waals surface area contributed by atoms with Gasteiger partial charge in [-0.3, -0.25) is 4.57 Å². The summed E-state index contributed by atoms with van der Waals surface area (Å²) in [4.78, 5) is 5.39. The zero-order chi connectivity index (χ0) is 32.0. The van der Waals surface area contributed by atoms with Gasteiger partial charge in [0.25, 0.3) is 0 Å². The van der Waals surface area contributed by atoms with Gasteiger partial charge in [0.15, 0.2) is 0 Å². The number of aromatic nitrogens is 2. The first-order chi connectivity index (χ1) is 23.7. The van der Waals surface area contributed by atoms with Crippen LogP contribution in [0.2, 0.25) is 0 Å². The molecule has 0 unspecified atom stereocenters. The van der Waals surface area contributed by atoms with Crippen LogP contribution in [0.5, 0.6) is 0 Å². The maximum atomic E-state index is 6.80. The van der Waals surface area contributed by atoms with Crippen molar-refractivity contribution in [1.82, 2.24) is 9.55 Å². The second kappa shape index (κ2) is 9.90. The second-order valence-electron chi connectivity index (χ2n) is 12.7. The molecule has 226 valence electrons. The van der Waals surface area contributed by atoms with E-state index in [0.717, 1.165) is 55.6 Å². The molecule has 0 saturated heterocycles. The van der Waals surface area contributed by atoms with Crippen LogP contribution in [0.1, 0.15) is 29.2 Å².